The van der Waals surface area contributed by atoms with Gasteiger partial charge in [-0.15, -0.1) is 0 Å². The van der Waals surface area contributed by atoms with Crippen molar-refractivity contribution in [2.24, 2.45) is 23.2 Å². The van der Waals surface area contributed by atoms with Gasteiger partial charge in [0, 0.05) is 12.6 Å². The second-order valence-corrected chi connectivity index (χ2v) is 7.88. The van der Waals surface area contributed by atoms with E-state index in [1.54, 1.807) is 19.3 Å². The summed E-state index contributed by atoms with van der Waals surface area (Å²) in [4.78, 5) is 0. The van der Waals surface area contributed by atoms with Gasteiger partial charge in [0.05, 0.1) is 12.7 Å². The Balaban J connectivity index is 1.53. The second-order valence-electron chi connectivity index (χ2n) is 7.88. The summed E-state index contributed by atoms with van der Waals surface area (Å²) in [6, 6.07) is 0.677. The van der Waals surface area contributed by atoms with E-state index in [0.29, 0.717) is 17.6 Å². The molecule has 0 aromatic rings. The lowest BCUT2D eigenvalue weighted by atomic mass is 9.48. The molecule has 1 atom stereocenters. The van der Waals surface area contributed by atoms with Crippen LogP contribution in [0.15, 0.2) is 0 Å². The number of hydrogen-bond acceptors (Lipinski definition) is 2. The van der Waals surface area contributed by atoms with Gasteiger partial charge >= 0.3 is 0 Å². The number of nitrogens with one attached hydrogen (secondary N) is 1. The van der Waals surface area contributed by atoms with Crippen LogP contribution in [0, 0.1) is 23.2 Å². The monoisotopic (exact) mass is 265 g/mol. The van der Waals surface area contributed by atoms with Crippen molar-refractivity contribution in [1.82, 2.24) is 5.32 Å². The molecular formula is C17H31NO. The van der Waals surface area contributed by atoms with Gasteiger partial charge in [-0.3, -0.25) is 0 Å². The van der Waals surface area contributed by atoms with Crippen molar-refractivity contribution < 1.29 is 4.74 Å². The third kappa shape index (κ3) is 2.85. The topological polar surface area (TPSA) is 21.3 Å². The predicted molar refractivity (Wildman–Crippen MR) is 79.2 cm³/mol. The van der Waals surface area contributed by atoms with Crippen LogP contribution in [0.4, 0.5) is 0 Å². The van der Waals surface area contributed by atoms with E-state index in [-0.39, 0.29) is 0 Å². The summed E-state index contributed by atoms with van der Waals surface area (Å²) in [5.74, 6) is 3.17. The van der Waals surface area contributed by atoms with Crippen molar-refractivity contribution >= 4 is 0 Å². The van der Waals surface area contributed by atoms with Gasteiger partial charge in [-0.05, 0) is 82.5 Å². The summed E-state index contributed by atoms with van der Waals surface area (Å²) in [6.45, 7) is 8.53. The molecule has 2 nitrogen and oxygen atoms in total. The van der Waals surface area contributed by atoms with E-state index < -0.39 is 0 Å². The first-order valence-electron chi connectivity index (χ1n) is 8.42. The SMILES string of the molecule is CC(C)OCCNC(C)C12CC3CC(CC(C3)C1)C2. The lowest BCUT2D eigenvalue weighted by Gasteiger charge is -2.59. The Bertz CT molecular complexity index is 277. The first-order chi connectivity index (χ1) is 9.07. The van der Waals surface area contributed by atoms with E-state index in [4.69, 9.17) is 4.74 Å². The van der Waals surface area contributed by atoms with E-state index in [1.165, 1.54) is 19.3 Å². The summed E-state index contributed by atoms with van der Waals surface area (Å²) >= 11 is 0. The molecule has 4 aliphatic carbocycles. The molecule has 2 heteroatoms. The smallest absolute Gasteiger partial charge is 0.0594 e. The summed E-state index contributed by atoms with van der Waals surface area (Å²) in [5.41, 5.74) is 0.632. The second kappa shape index (κ2) is 5.37. The molecule has 0 aromatic carbocycles. The maximum atomic E-state index is 5.65. The van der Waals surface area contributed by atoms with Crippen molar-refractivity contribution in [2.75, 3.05) is 13.2 Å². The molecule has 0 heterocycles. The fraction of sp³-hybridized carbons (Fsp3) is 1.00. The highest BCUT2D eigenvalue weighted by Crippen LogP contribution is 2.61. The zero-order chi connectivity index (χ0) is 13.5. The number of hydrogen-bond donors (Lipinski definition) is 1. The van der Waals surface area contributed by atoms with Crippen LogP contribution in [-0.4, -0.2) is 25.3 Å². The summed E-state index contributed by atoms with van der Waals surface area (Å²) < 4.78 is 5.65. The molecule has 4 bridgehead atoms. The van der Waals surface area contributed by atoms with Gasteiger partial charge in [-0.1, -0.05) is 0 Å². The third-order valence-corrected chi connectivity index (χ3v) is 6.01. The molecule has 1 unspecified atom stereocenters. The van der Waals surface area contributed by atoms with Gasteiger partial charge in [-0.25, -0.2) is 0 Å². The Morgan fingerprint density at radius 1 is 1.00 bits per heavy atom. The van der Waals surface area contributed by atoms with Gasteiger partial charge in [0.15, 0.2) is 0 Å². The molecular weight excluding hydrogens is 234 g/mol. The number of rotatable bonds is 6. The Hall–Kier alpha value is -0.0800. The molecule has 1 N–H and O–H groups in total. The first-order valence-corrected chi connectivity index (χ1v) is 8.42. The maximum Gasteiger partial charge on any atom is 0.0594 e. The normalized spacial score (nSPS) is 42.0. The average molecular weight is 265 g/mol. The van der Waals surface area contributed by atoms with Crippen LogP contribution < -0.4 is 5.32 Å². The van der Waals surface area contributed by atoms with Gasteiger partial charge < -0.3 is 10.1 Å². The van der Waals surface area contributed by atoms with Crippen molar-refractivity contribution in [3.63, 3.8) is 0 Å². The molecule has 4 saturated carbocycles. The Morgan fingerprint density at radius 3 is 2.00 bits per heavy atom. The predicted octanol–water partition coefficient (Wildman–Crippen LogP) is 3.61. The fourth-order valence-electron chi connectivity index (χ4n) is 5.49. The molecule has 0 aromatic heterocycles. The van der Waals surface area contributed by atoms with Crippen molar-refractivity contribution in [3.05, 3.63) is 0 Å². The highest BCUT2D eigenvalue weighted by Gasteiger charge is 2.52. The van der Waals surface area contributed by atoms with Gasteiger partial charge in [-0.2, -0.15) is 0 Å². The van der Waals surface area contributed by atoms with Crippen LogP contribution in [0.5, 0.6) is 0 Å². The fourth-order valence-corrected chi connectivity index (χ4v) is 5.49. The van der Waals surface area contributed by atoms with E-state index in [2.05, 4.69) is 26.1 Å². The van der Waals surface area contributed by atoms with E-state index in [9.17, 15) is 0 Å². The van der Waals surface area contributed by atoms with Gasteiger partial charge in [0.1, 0.15) is 0 Å². The molecule has 4 rings (SSSR count). The lowest BCUT2D eigenvalue weighted by Crippen LogP contribution is -2.55. The van der Waals surface area contributed by atoms with E-state index in [0.717, 1.165) is 30.9 Å². The lowest BCUT2D eigenvalue weighted by molar-refractivity contribution is -0.0713. The molecule has 0 saturated heterocycles. The highest BCUT2D eigenvalue weighted by molar-refractivity contribution is 5.05. The highest BCUT2D eigenvalue weighted by atomic mass is 16.5. The molecule has 4 aliphatic rings. The quantitative estimate of drug-likeness (QED) is 0.741. The minimum Gasteiger partial charge on any atom is -0.377 e. The molecule has 110 valence electrons. The average Bonchev–Trinajstić information content (AvgIpc) is 2.32. The summed E-state index contributed by atoms with van der Waals surface area (Å²) in [7, 11) is 0. The minimum atomic E-state index is 0.358. The Labute approximate surface area is 118 Å². The van der Waals surface area contributed by atoms with Crippen molar-refractivity contribution in [1.29, 1.82) is 0 Å². The molecule has 0 aliphatic heterocycles. The molecule has 19 heavy (non-hydrogen) atoms. The summed E-state index contributed by atoms with van der Waals surface area (Å²) in [5, 5.41) is 3.77. The standard InChI is InChI=1S/C17H31NO/c1-12(2)19-5-4-18-13(3)17-9-14-6-15(10-17)8-16(7-14)11-17/h12-16,18H,4-11H2,1-3H3. The van der Waals surface area contributed by atoms with Crippen molar-refractivity contribution in [2.45, 2.75) is 71.4 Å². The van der Waals surface area contributed by atoms with Gasteiger partial charge in [0.25, 0.3) is 0 Å². The number of ether oxygens (including phenoxy) is 1. The van der Waals surface area contributed by atoms with Crippen LogP contribution in [0.1, 0.15) is 59.3 Å². The van der Waals surface area contributed by atoms with Gasteiger partial charge in [0.2, 0.25) is 0 Å². The van der Waals surface area contributed by atoms with Crippen LogP contribution in [0.2, 0.25) is 0 Å². The van der Waals surface area contributed by atoms with Crippen LogP contribution in [0.25, 0.3) is 0 Å². The molecule has 4 fully saturated rings. The third-order valence-electron chi connectivity index (χ3n) is 6.01. The zero-order valence-electron chi connectivity index (χ0n) is 13.0. The van der Waals surface area contributed by atoms with E-state index in [1.807, 2.05) is 0 Å². The van der Waals surface area contributed by atoms with E-state index >= 15 is 0 Å². The maximum absolute atomic E-state index is 5.65. The Kier molecular flexibility index (Phi) is 3.92. The minimum absolute atomic E-state index is 0.358. The van der Waals surface area contributed by atoms with Crippen LogP contribution in [-0.2, 0) is 4.74 Å². The van der Waals surface area contributed by atoms with Crippen molar-refractivity contribution in [3.8, 4) is 0 Å². The van der Waals surface area contributed by atoms with Crippen LogP contribution in [0.3, 0.4) is 0 Å². The van der Waals surface area contributed by atoms with Crippen LogP contribution >= 0.6 is 0 Å². The zero-order valence-corrected chi connectivity index (χ0v) is 13.0. The largest absolute Gasteiger partial charge is 0.377 e. The molecule has 0 spiro atoms. The summed E-state index contributed by atoms with van der Waals surface area (Å²) in [6.07, 6.45) is 9.48. The molecule has 0 radical (unpaired) electrons. The molecule has 0 amide bonds. The first kappa shape index (κ1) is 13.9. The Morgan fingerprint density at radius 2 is 1.53 bits per heavy atom.